The first-order valence-corrected chi connectivity index (χ1v) is 6.68. The molecule has 0 aliphatic carbocycles. The molecule has 0 bridgehead atoms. The lowest BCUT2D eigenvalue weighted by Gasteiger charge is -2.27. The van der Waals surface area contributed by atoms with Crippen LogP contribution < -0.4 is 5.73 Å². The van der Waals surface area contributed by atoms with Gasteiger partial charge >= 0.3 is 12.1 Å². The quantitative estimate of drug-likeness (QED) is 0.634. The number of anilines is 1. The Morgan fingerprint density at radius 3 is 2.57 bits per heavy atom. The third kappa shape index (κ3) is 3.09. The predicted octanol–water partition coefficient (Wildman–Crippen LogP) is 2.23. The highest BCUT2D eigenvalue weighted by atomic mass is 16.6. The Labute approximate surface area is 123 Å². The van der Waals surface area contributed by atoms with E-state index in [1.54, 1.807) is 39.0 Å². The SMILES string of the molecule is COC(=O)C1c2ccc(N)cc2CN1C(=O)OC(C)(C)C. The molecule has 1 aliphatic rings. The van der Waals surface area contributed by atoms with Crippen LogP contribution >= 0.6 is 0 Å². The molecular formula is C15H20N2O4. The average molecular weight is 292 g/mol. The summed E-state index contributed by atoms with van der Waals surface area (Å²) in [6.07, 6.45) is -0.548. The van der Waals surface area contributed by atoms with E-state index in [9.17, 15) is 9.59 Å². The highest BCUT2D eigenvalue weighted by molar-refractivity contribution is 5.85. The molecule has 1 unspecified atom stereocenters. The minimum atomic E-state index is -0.791. The van der Waals surface area contributed by atoms with Gasteiger partial charge in [0.1, 0.15) is 5.60 Å². The fourth-order valence-electron chi connectivity index (χ4n) is 2.33. The molecule has 1 amide bonds. The van der Waals surface area contributed by atoms with Crippen molar-refractivity contribution in [3.05, 3.63) is 29.3 Å². The number of benzene rings is 1. The summed E-state index contributed by atoms with van der Waals surface area (Å²) in [6, 6.07) is 4.42. The molecule has 114 valence electrons. The summed E-state index contributed by atoms with van der Waals surface area (Å²) in [5.41, 5.74) is 7.26. The summed E-state index contributed by atoms with van der Waals surface area (Å²) in [5.74, 6) is -0.496. The Balaban J connectivity index is 2.35. The second-order valence-corrected chi connectivity index (χ2v) is 5.99. The zero-order chi connectivity index (χ0) is 15.8. The van der Waals surface area contributed by atoms with Gasteiger partial charge in [0, 0.05) is 5.69 Å². The predicted molar refractivity (Wildman–Crippen MR) is 77.4 cm³/mol. The number of nitrogens with zero attached hydrogens (tertiary/aromatic N) is 1. The normalized spacial score (nSPS) is 17.3. The van der Waals surface area contributed by atoms with Crippen molar-refractivity contribution in [3.63, 3.8) is 0 Å². The summed E-state index contributed by atoms with van der Waals surface area (Å²) < 4.78 is 10.2. The Morgan fingerprint density at radius 1 is 1.33 bits per heavy atom. The van der Waals surface area contributed by atoms with Crippen LogP contribution in [0.1, 0.15) is 37.9 Å². The monoisotopic (exact) mass is 292 g/mol. The molecule has 6 nitrogen and oxygen atoms in total. The first-order chi connectivity index (χ1) is 9.73. The summed E-state index contributed by atoms with van der Waals surface area (Å²) in [7, 11) is 1.30. The van der Waals surface area contributed by atoms with Gasteiger partial charge in [0.25, 0.3) is 0 Å². The first-order valence-electron chi connectivity index (χ1n) is 6.68. The lowest BCUT2D eigenvalue weighted by Crippen LogP contribution is -2.38. The molecule has 1 heterocycles. The number of carbonyl (C=O) groups is 2. The van der Waals surface area contributed by atoms with Crippen LogP contribution in [0.15, 0.2) is 18.2 Å². The van der Waals surface area contributed by atoms with E-state index in [1.165, 1.54) is 12.0 Å². The van der Waals surface area contributed by atoms with Crippen molar-refractivity contribution in [2.24, 2.45) is 0 Å². The number of hydrogen-bond donors (Lipinski definition) is 1. The van der Waals surface area contributed by atoms with Crippen LogP contribution in [-0.4, -0.2) is 29.7 Å². The van der Waals surface area contributed by atoms with Gasteiger partial charge in [0.15, 0.2) is 6.04 Å². The van der Waals surface area contributed by atoms with Gasteiger partial charge in [-0.2, -0.15) is 0 Å². The largest absolute Gasteiger partial charge is 0.467 e. The standard InChI is InChI=1S/C15H20N2O4/c1-15(2,3)21-14(19)17-8-9-7-10(16)5-6-11(9)12(17)13(18)20-4/h5-7,12H,8,16H2,1-4H3. The average Bonchev–Trinajstić information content (AvgIpc) is 2.74. The number of ether oxygens (including phenoxy) is 2. The molecule has 1 aromatic carbocycles. The first kappa shape index (κ1) is 15.2. The maximum atomic E-state index is 12.3. The van der Waals surface area contributed by atoms with Gasteiger partial charge in [-0.3, -0.25) is 4.90 Å². The van der Waals surface area contributed by atoms with Crippen molar-refractivity contribution in [1.29, 1.82) is 0 Å². The van der Waals surface area contributed by atoms with E-state index < -0.39 is 23.7 Å². The van der Waals surface area contributed by atoms with Gasteiger partial charge in [0.05, 0.1) is 13.7 Å². The Kier molecular flexibility index (Phi) is 3.80. The summed E-state index contributed by atoms with van der Waals surface area (Å²) >= 11 is 0. The van der Waals surface area contributed by atoms with E-state index in [2.05, 4.69) is 0 Å². The second-order valence-electron chi connectivity index (χ2n) is 5.99. The van der Waals surface area contributed by atoms with Crippen molar-refractivity contribution in [1.82, 2.24) is 4.90 Å². The number of nitrogen functional groups attached to an aromatic ring is 1. The molecule has 1 aliphatic heterocycles. The van der Waals surface area contributed by atoms with E-state index in [1.807, 2.05) is 0 Å². The van der Waals surface area contributed by atoms with Crippen LogP contribution in [0.5, 0.6) is 0 Å². The van der Waals surface area contributed by atoms with E-state index in [0.29, 0.717) is 5.69 Å². The van der Waals surface area contributed by atoms with Crippen molar-refractivity contribution in [3.8, 4) is 0 Å². The number of amides is 1. The molecule has 2 N–H and O–H groups in total. The molecule has 6 heteroatoms. The van der Waals surface area contributed by atoms with E-state index in [-0.39, 0.29) is 6.54 Å². The third-order valence-corrected chi connectivity index (χ3v) is 3.17. The number of nitrogens with two attached hydrogens (primary N) is 1. The Bertz CT molecular complexity index is 578. The molecule has 0 fully saturated rings. The van der Waals surface area contributed by atoms with Gasteiger partial charge in [-0.05, 0) is 44.0 Å². The van der Waals surface area contributed by atoms with Crippen LogP contribution in [0, 0.1) is 0 Å². The smallest absolute Gasteiger partial charge is 0.411 e. The van der Waals surface area contributed by atoms with Crippen LogP contribution in [0.2, 0.25) is 0 Å². The zero-order valence-corrected chi connectivity index (χ0v) is 12.7. The number of esters is 1. The van der Waals surface area contributed by atoms with Crippen molar-refractivity contribution < 1.29 is 19.1 Å². The van der Waals surface area contributed by atoms with Crippen molar-refractivity contribution >= 4 is 17.7 Å². The number of carbonyl (C=O) groups excluding carboxylic acids is 2. The number of hydrogen-bond acceptors (Lipinski definition) is 5. The van der Waals surface area contributed by atoms with E-state index in [4.69, 9.17) is 15.2 Å². The number of rotatable bonds is 1. The van der Waals surface area contributed by atoms with E-state index >= 15 is 0 Å². The van der Waals surface area contributed by atoms with Gasteiger partial charge in [-0.15, -0.1) is 0 Å². The fraction of sp³-hybridized carbons (Fsp3) is 0.467. The maximum absolute atomic E-state index is 12.3. The molecule has 0 saturated carbocycles. The second kappa shape index (κ2) is 5.27. The van der Waals surface area contributed by atoms with Crippen LogP contribution in [-0.2, 0) is 20.8 Å². The minimum absolute atomic E-state index is 0.273. The fourth-order valence-corrected chi connectivity index (χ4v) is 2.33. The van der Waals surface area contributed by atoms with Gasteiger partial charge in [-0.25, -0.2) is 9.59 Å². The number of fused-ring (bicyclic) bond motifs is 1. The van der Waals surface area contributed by atoms with Crippen LogP contribution in [0.3, 0.4) is 0 Å². The van der Waals surface area contributed by atoms with Crippen molar-refractivity contribution in [2.75, 3.05) is 12.8 Å². The highest BCUT2D eigenvalue weighted by Crippen LogP contribution is 2.36. The van der Waals surface area contributed by atoms with Gasteiger partial charge in [-0.1, -0.05) is 6.07 Å². The molecule has 2 rings (SSSR count). The van der Waals surface area contributed by atoms with Crippen molar-refractivity contribution in [2.45, 2.75) is 39.0 Å². The maximum Gasteiger partial charge on any atom is 0.411 e. The molecule has 1 aromatic rings. The number of methoxy groups -OCH3 is 1. The lowest BCUT2D eigenvalue weighted by atomic mass is 10.0. The minimum Gasteiger partial charge on any atom is -0.467 e. The third-order valence-electron chi connectivity index (χ3n) is 3.17. The Hall–Kier alpha value is -2.24. The van der Waals surface area contributed by atoms with Gasteiger partial charge < -0.3 is 15.2 Å². The Morgan fingerprint density at radius 2 is 2.00 bits per heavy atom. The summed E-state index contributed by atoms with van der Waals surface area (Å²) in [6.45, 7) is 5.60. The molecule has 0 saturated heterocycles. The highest BCUT2D eigenvalue weighted by Gasteiger charge is 2.41. The molecule has 0 aromatic heterocycles. The van der Waals surface area contributed by atoms with Crippen LogP contribution in [0.25, 0.3) is 0 Å². The molecule has 0 spiro atoms. The zero-order valence-electron chi connectivity index (χ0n) is 12.7. The van der Waals surface area contributed by atoms with E-state index in [0.717, 1.165) is 11.1 Å². The van der Waals surface area contributed by atoms with Crippen LogP contribution in [0.4, 0.5) is 10.5 Å². The molecule has 1 atom stereocenters. The molecule has 0 radical (unpaired) electrons. The topological polar surface area (TPSA) is 81.9 Å². The summed E-state index contributed by atoms with van der Waals surface area (Å²) in [5, 5.41) is 0. The molecule has 21 heavy (non-hydrogen) atoms. The van der Waals surface area contributed by atoms with Gasteiger partial charge in [0.2, 0.25) is 0 Å². The summed E-state index contributed by atoms with van der Waals surface area (Å²) in [4.78, 5) is 25.7. The molecular weight excluding hydrogens is 272 g/mol. The lowest BCUT2D eigenvalue weighted by molar-refractivity contribution is -0.146.